The van der Waals surface area contributed by atoms with Gasteiger partial charge in [0.2, 0.25) is 5.91 Å². The Hall–Kier alpha value is -3.17. The summed E-state index contributed by atoms with van der Waals surface area (Å²) in [6.07, 6.45) is -0.727. The van der Waals surface area contributed by atoms with Crippen LogP contribution in [0.1, 0.15) is 18.9 Å². The number of ether oxygens (including phenoxy) is 2. The molecule has 2 aliphatic heterocycles. The molecule has 2 saturated heterocycles. The number of rotatable bonds is 7. The summed E-state index contributed by atoms with van der Waals surface area (Å²) in [4.78, 5) is 27.2. The van der Waals surface area contributed by atoms with E-state index in [1.165, 1.54) is 24.0 Å². The first-order valence-corrected chi connectivity index (χ1v) is 12.1. The summed E-state index contributed by atoms with van der Waals surface area (Å²) in [5.41, 5.74) is 0.998. The largest absolute Gasteiger partial charge is 0.497 e. The van der Waals surface area contributed by atoms with Crippen molar-refractivity contribution in [1.82, 2.24) is 4.90 Å². The van der Waals surface area contributed by atoms with Crippen LogP contribution < -0.4 is 4.74 Å². The molecule has 1 amide bonds. The van der Waals surface area contributed by atoms with Crippen LogP contribution in [0.25, 0.3) is 0 Å². The Morgan fingerprint density at radius 2 is 1.85 bits per heavy atom. The first-order valence-electron chi connectivity index (χ1n) is 10.5. The standard InChI is InChI=1S/C24H25NO7S/c1-15(26)21-20-12-17(14-33(29,30)19-6-4-3-5-7-19)22(25(20)23(21)27)24(28)32-13-16-8-10-18(31-2)11-9-16/h3-11,14-15,20-22,26H,12-13H2,1-2H3/t15-,20+,21+,22?/m1/s1. The maximum absolute atomic E-state index is 13.0. The number of carbonyl (C=O) groups is 2. The smallest absolute Gasteiger partial charge is 0.333 e. The fourth-order valence-corrected chi connectivity index (χ4v) is 5.70. The Balaban J connectivity index is 1.60. The lowest BCUT2D eigenvalue weighted by Gasteiger charge is -2.45. The lowest BCUT2D eigenvalue weighted by molar-refractivity contribution is -0.171. The number of hydrogen-bond donors (Lipinski definition) is 1. The second-order valence-electron chi connectivity index (χ2n) is 8.19. The number of sulfone groups is 1. The molecule has 2 aliphatic rings. The molecule has 2 aromatic carbocycles. The predicted octanol–water partition coefficient (Wildman–Crippen LogP) is 2.08. The number of benzene rings is 2. The van der Waals surface area contributed by atoms with Gasteiger partial charge in [0.15, 0.2) is 15.9 Å². The highest BCUT2D eigenvalue weighted by atomic mass is 32.2. The third-order valence-electron chi connectivity index (χ3n) is 6.05. The highest BCUT2D eigenvalue weighted by Crippen LogP contribution is 2.44. The van der Waals surface area contributed by atoms with Crippen molar-refractivity contribution in [2.24, 2.45) is 5.92 Å². The molecule has 2 fully saturated rings. The number of amides is 1. The van der Waals surface area contributed by atoms with E-state index in [-0.39, 0.29) is 29.4 Å². The molecular weight excluding hydrogens is 446 g/mol. The molecule has 4 atom stereocenters. The first-order chi connectivity index (χ1) is 15.7. The second-order valence-corrected chi connectivity index (χ2v) is 9.99. The van der Waals surface area contributed by atoms with Crippen LogP contribution in [0, 0.1) is 5.92 Å². The quantitative estimate of drug-likeness (QED) is 0.486. The third-order valence-corrected chi connectivity index (χ3v) is 7.59. The maximum atomic E-state index is 13.0. The minimum atomic E-state index is -3.84. The van der Waals surface area contributed by atoms with Crippen LogP contribution >= 0.6 is 0 Å². The summed E-state index contributed by atoms with van der Waals surface area (Å²) in [6.45, 7) is 1.48. The van der Waals surface area contributed by atoms with Crippen LogP contribution in [0.2, 0.25) is 0 Å². The lowest BCUT2D eigenvalue weighted by atomic mass is 9.84. The van der Waals surface area contributed by atoms with Crippen LogP contribution in [0.15, 0.2) is 70.5 Å². The van der Waals surface area contributed by atoms with E-state index in [0.29, 0.717) is 5.75 Å². The average Bonchev–Trinajstić information content (AvgIpc) is 3.11. The highest BCUT2D eigenvalue weighted by Gasteiger charge is 2.59. The van der Waals surface area contributed by atoms with Gasteiger partial charge in [0.05, 0.1) is 30.1 Å². The summed E-state index contributed by atoms with van der Waals surface area (Å²) in [5.74, 6) is -1.11. The molecule has 0 aliphatic carbocycles. The Labute approximate surface area is 192 Å². The molecule has 1 N–H and O–H groups in total. The zero-order chi connectivity index (χ0) is 23.8. The van der Waals surface area contributed by atoms with E-state index in [4.69, 9.17) is 9.47 Å². The van der Waals surface area contributed by atoms with E-state index in [2.05, 4.69) is 0 Å². The van der Waals surface area contributed by atoms with Crippen LogP contribution in [0.4, 0.5) is 0 Å². The van der Waals surface area contributed by atoms with Crippen LogP contribution in [-0.2, 0) is 30.8 Å². The minimum absolute atomic E-state index is 0.0371. The van der Waals surface area contributed by atoms with Crippen LogP contribution in [-0.4, -0.2) is 55.6 Å². The van der Waals surface area contributed by atoms with Gasteiger partial charge in [-0.2, -0.15) is 0 Å². The number of aliphatic hydroxyl groups is 1. The number of carbonyl (C=O) groups excluding carboxylic acids is 2. The number of aliphatic hydroxyl groups excluding tert-OH is 1. The molecule has 0 aromatic heterocycles. The third kappa shape index (κ3) is 4.38. The zero-order valence-corrected chi connectivity index (χ0v) is 19.1. The predicted molar refractivity (Wildman–Crippen MR) is 119 cm³/mol. The van der Waals surface area contributed by atoms with Gasteiger partial charge in [0, 0.05) is 5.41 Å². The Bertz CT molecular complexity index is 1170. The molecule has 0 radical (unpaired) electrons. The first kappa shape index (κ1) is 23.0. The summed E-state index contributed by atoms with van der Waals surface area (Å²) >= 11 is 0. The molecule has 0 bridgehead atoms. The number of nitrogens with zero attached hydrogens (tertiary/aromatic N) is 1. The number of hydrogen-bond acceptors (Lipinski definition) is 7. The molecule has 8 nitrogen and oxygen atoms in total. The van der Waals surface area contributed by atoms with Crippen molar-refractivity contribution in [1.29, 1.82) is 0 Å². The number of β-lactam (4-membered cyclic amide) rings is 1. The Kier molecular flexibility index (Phi) is 6.27. The SMILES string of the molecule is COc1ccc(COC(=O)C2C(=CS(=O)(=O)c3ccccc3)C[C@H]3[C@H]([C@@H](C)O)C(=O)N23)cc1. The molecule has 174 valence electrons. The van der Waals surface area contributed by atoms with Crippen molar-refractivity contribution in [3.63, 3.8) is 0 Å². The van der Waals surface area contributed by atoms with E-state index in [9.17, 15) is 23.1 Å². The van der Waals surface area contributed by atoms with Gasteiger partial charge in [-0.15, -0.1) is 0 Å². The van der Waals surface area contributed by atoms with Gasteiger partial charge in [0.25, 0.3) is 0 Å². The van der Waals surface area contributed by atoms with Crippen molar-refractivity contribution in [3.8, 4) is 5.75 Å². The van der Waals surface area contributed by atoms with Gasteiger partial charge in [-0.3, -0.25) is 4.79 Å². The molecule has 1 unspecified atom stereocenters. The number of methoxy groups -OCH3 is 1. The van der Waals surface area contributed by atoms with Crippen molar-refractivity contribution in [2.45, 2.75) is 43.0 Å². The van der Waals surface area contributed by atoms with Crippen molar-refractivity contribution in [3.05, 3.63) is 71.1 Å². The topological polar surface area (TPSA) is 110 Å². The Morgan fingerprint density at radius 1 is 1.18 bits per heavy atom. The molecule has 2 heterocycles. The van der Waals surface area contributed by atoms with E-state index in [1.807, 2.05) is 0 Å². The van der Waals surface area contributed by atoms with Gasteiger partial charge in [-0.25, -0.2) is 13.2 Å². The van der Waals surface area contributed by atoms with Crippen LogP contribution in [0.5, 0.6) is 5.75 Å². The van der Waals surface area contributed by atoms with Crippen molar-refractivity contribution >= 4 is 21.7 Å². The zero-order valence-electron chi connectivity index (χ0n) is 18.2. The lowest BCUT2D eigenvalue weighted by Crippen LogP contribution is -2.64. The normalized spacial score (nSPS) is 24.2. The maximum Gasteiger partial charge on any atom is 0.333 e. The summed E-state index contributed by atoms with van der Waals surface area (Å²) in [7, 11) is -2.29. The second kappa shape index (κ2) is 8.99. The molecule has 0 spiro atoms. The van der Waals surface area contributed by atoms with E-state index in [1.54, 1.807) is 49.6 Å². The van der Waals surface area contributed by atoms with Crippen molar-refractivity contribution < 1.29 is 32.6 Å². The van der Waals surface area contributed by atoms with E-state index < -0.39 is 39.9 Å². The fourth-order valence-electron chi connectivity index (χ4n) is 4.40. The Morgan fingerprint density at radius 3 is 2.45 bits per heavy atom. The van der Waals surface area contributed by atoms with Gasteiger partial charge in [-0.05, 0) is 48.7 Å². The van der Waals surface area contributed by atoms with Gasteiger partial charge in [-0.1, -0.05) is 30.3 Å². The number of esters is 1. The van der Waals surface area contributed by atoms with Crippen molar-refractivity contribution in [2.75, 3.05) is 7.11 Å². The highest BCUT2D eigenvalue weighted by molar-refractivity contribution is 7.94. The molecule has 9 heteroatoms. The summed E-state index contributed by atoms with van der Waals surface area (Å²) < 4.78 is 36.4. The monoisotopic (exact) mass is 471 g/mol. The van der Waals surface area contributed by atoms with E-state index >= 15 is 0 Å². The minimum Gasteiger partial charge on any atom is -0.497 e. The van der Waals surface area contributed by atoms with Crippen LogP contribution in [0.3, 0.4) is 0 Å². The summed E-state index contributed by atoms with van der Waals surface area (Å²) in [5, 5.41) is 11.1. The van der Waals surface area contributed by atoms with Gasteiger partial charge < -0.3 is 19.5 Å². The fraction of sp³-hybridized carbons (Fsp3) is 0.333. The molecule has 2 aromatic rings. The molecule has 4 rings (SSSR count). The molecular formula is C24H25NO7S. The molecule has 33 heavy (non-hydrogen) atoms. The molecule has 0 saturated carbocycles. The summed E-state index contributed by atoms with van der Waals surface area (Å²) in [6, 6.07) is 13.2. The number of fused-ring (bicyclic) bond motifs is 1. The van der Waals surface area contributed by atoms with Gasteiger partial charge >= 0.3 is 5.97 Å². The average molecular weight is 472 g/mol. The van der Waals surface area contributed by atoms with E-state index in [0.717, 1.165) is 11.0 Å². The van der Waals surface area contributed by atoms with Gasteiger partial charge in [0.1, 0.15) is 12.4 Å².